The number of nitrogens with zero attached hydrogens (tertiary/aromatic N) is 1. The molecule has 0 bridgehead atoms. The zero-order valence-electron chi connectivity index (χ0n) is 16.8. The third-order valence-corrected chi connectivity index (χ3v) is 5.39. The van der Waals surface area contributed by atoms with Crippen LogP contribution < -0.4 is 18.9 Å². The smallest absolute Gasteiger partial charge is 0.231 e. The van der Waals surface area contributed by atoms with Crippen LogP contribution in [0.25, 0.3) is 12.2 Å². The first kappa shape index (κ1) is 18.8. The van der Waals surface area contributed by atoms with E-state index in [1.807, 2.05) is 48.6 Å². The Labute approximate surface area is 175 Å². The number of ketones is 1. The van der Waals surface area contributed by atoms with Gasteiger partial charge in [0.1, 0.15) is 0 Å². The van der Waals surface area contributed by atoms with Crippen molar-refractivity contribution in [3.63, 3.8) is 0 Å². The van der Waals surface area contributed by atoms with Crippen LogP contribution in [-0.4, -0.2) is 43.9 Å². The monoisotopic (exact) mass is 405 g/mol. The van der Waals surface area contributed by atoms with Crippen LogP contribution >= 0.6 is 0 Å². The van der Waals surface area contributed by atoms with E-state index in [4.69, 9.17) is 18.9 Å². The maximum Gasteiger partial charge on any atom is 0.231 e. The standard InChI is InChI=1S/C24H23NO5/c1-2-7-25-12-18(8-16-3-5-20-22(10-16)29-14-27-20)24(26)19(13-25)9-17-4-6-21-23(11-17)30-15-28-21/h3-6,8-11H,2,7,12-15H2,1H3/b18-8+,19-9+. The molecule has 3 aliphatic heterocycles. The molecule has 5 rings (SSSR count). The van der Waals surface area contributed by atoms with Crippen LogP contribution in [0.1, 0.15) is 24.5 Å². The number of rotatable bonds is 4. The van der Waals surface area contributed by atoms with Crippen molar-refractivity contribution in [2.24, 2.45) is 0 Å². The van der Waals surface area contributed by atoms with Crippen LogP contribution in [0.5, 0.6) is 23.0 Å². The van der Waals surface area contributed by atoms with Gasteiger partial charge in [-0.15, -0.1) is 0 Å². The minimum Gasteiger partial charge on any atom is -0.454 e. The van der Waals surface area contributed by atoms with Gasteiger partial charge >= 0.3 is 0 Å². The molecule has 154 valence electrons. The Kier molecular flexibility index (Phi) is 4.93. The molecule has 6 heteroatoms. The van der Waals surface area contributed by atoms with E-state index in [2.05, 4.69) is 11.8 Å². The zero-order chi connectivity index (χ0) is 20.5. The average Bonchev–Trinajstić information content (AvgIpc) is 3.40. The van der Waals surface area contributed by atoms with Gasteiger partial charge in [-0.25, -0.2) is 0 Å². The van der Waals surface area contributed by atoms with Crippen molar-refractivity contribution in [1.29, 1.82) is 0 Å². The summed E-state index contributed by atoms with van der Waals surface area (Å²) in [6, 6.07) is 11.5. The van der Waals surface area contributed by atoms with E-state index >= 15 is 0 Å². The first-order valence-corrected chi connectivity index (χ1v) is 10.2. The lowest BCUT2D eigenvalue weighted by molar-refractivity contribution is -0.113. The van der Waals surface area contributed by atoms with Gasteiger partial charge in [0.05, 0.1) is 0 Å². The normalized spacial score (nSPS) is 20.4. The summed E-state index contributed by atoms with van der Waals surface area (Å²) in [7, 11) is 0. The molecule has 0 unspecified atom stereocenters. The number of carbonyl (C=O) groups excluding carboxylic acids is 1. The van der Waals surface area contributed by atoms with Gasteiger partial charge < -0.3 is 18.9 Å². The highest BCUT2D eigenvalue weighted by Gasteiger charge is 2.26. The van der Waals surface area contributed by atoms with Crippen LogP contribution in [0, 0.1) is 0 Å². The number of carbonyl (C=O) groups is 1. The molecule has 3 aliphatic rings. The molecule has 0 aromatic heterocycles. The number of fused-ring (bicyclic) bond motifs is 2. The van der Waals surface area contributed by atoms with Gasteiger partial charge in [-0.2, -0.15) is 0 Å². The number of hydrogen-bond donors (Lipinski definition) is 0. The van der Waals surface area contributed by atoms with Gasteiger partial charge in [0.15, 0.2) is 28.8 Å². The molecule has 0 spiro atoms. The Morgan fingerprint density at radius 1 is 0.800 bits per heavy atom. The average molecular weight is 405 g/mol. The quantitative estimate of drug-likeness (QED) is 0.719. The first-order valence-electron chi connectivity index (χ1n) is 10.2. The Balaban J connectivity index is 1.46. The Morgan fingerprint density at radius 2 is 1.30 bits per heavy atom. The van der Waals surface area contributed by atoms with E-state index in [0.717, 1.165) is 46.7 Å². The number of benzene rings is 2. The minimum atomic E-state index is 0.0812. The third kappa shape index (κ3) is 3.66. The van der Waals surface area contributed by atoms with E-state index in [0.29, 0.717) is 24.6 Å². The fourth-order valence-electron chi connectivity index (χ4n) is 3.99. The van der Waals surface area contributed by atoms with E-state index in [-0.39, 0.29) is 19.4 Å². The van der Waals surface area contributed by atoms with Crippen LogP contribution in [0.15, 0.2) is 47.5 Å². The molecule has 2 aromatic carbocycles. The molecule has 2 aromatic rings. The van der Waals surface area contributed by atoms with Crippen molar-refractivity contribution in [2.75, 3.05) is 33.2 Å². The number of hydrogen-bond acceptors (Lipinski definition) is 6. The number of piperidine rings is 1. The van der Waals surface area contributed by atoms with Crippen molar-refractivity contribution in [1.82, 2.24) is 4.90 Å². The summed E-state index contributed by atoms with van der Waals surface area (Å²) in [5, 5.41) is 0. The molecule has 1 fully saturated rings. The van der Waals surface area contributed by atoms with Crippen molar-refractivity contribution < 1.29 is 23.7 Å². The maximum atomic E-state index is 13.3. The van der Waals surface area contributed by atoms with Crippen LogP contribution in [0.3, 0.4) is 0 Å². The van der Waals surface area contributed by atoms with Gasteiger partial charge in [-0.3, -0.25) is 9.69 Å². The molecule has 6 nitrogen and oxygen atoms in total. The van der Waals surface area contributed by atoms with Crippen molar-refractivity contribution in [2.45, 2.75) is 13.3 Å². The number of likely N-dealkylation sites (tertiary alicyclic amines) is 1. The Morgan fingerprint density at radius 3 is 1.80 bits per heavy atom. The summed E-state index contributed by atoms with van der Waals surface area (Å²) in [5.41, 5.74) is 3.42. The molecule has 1 saturated heterocycles. The fraction of sp³-hybridized carbons (Fsp3) is 0.292. The highest BCUT2D eigenvalue weighted by Crippen LogP contribution is 2.35. The van der Waals surface area contributed by atoms with Crippen LogP contribution in [0.4, 0.5) is 0 Å². The van der Waals surface area contributed by atoms with Gasteiger partial charge in [0.2, 0.25) is 13.6 Å². The van der Waals surface area contributed by atoms with Gasteiger partial charge in [-0.05, 0) is 60.5 Å². The van der Waals surface area contributed by atoms with E-state index in [9.17, 15) is 4.79 Å². The molecule has 0 aliphatic carbocycles. The highest BCUT2D eigenvalue weighted by molar-refractivity contribution is 6.14. The second kappa shape index (κ2) is 7.88. The number of Topliss-reactive ketones (excluding diaryl/α,β-unsaturated/α-hetero) is 1. The van der Waals surface area contributed by atoms with Crippen molar-refractivity contribution in [3.05, 3.63) is 58.7 Å². The molecular formula is C24H23NO5. The highest BCUT2D eigenvalue weighted by atomic mass is 16.7. The number of ether oxygens (including phenoxy) is 4. The summed E-state index contributed by atoms with van der Waals surface area (Å²) in [5.74, 6) is 2.99. The molecule has 0 atom stereocenters. The van der Waals surface area contributed by atoms with Crippen LogP contribution in [0.2, 0.25) is 0 Å². The van der Waals surface area contributed by atoms with Gasteiger partial charge in [0, 0.05) is 24.2 Å². The molecule has 0 saturated carbocycles. The molecule has 0 amide bonds. The van der Waals surface area contributed by atoms with Gasteiger partial charge in [-0.1, -0.05) is 19.1 Å². The molecule has 0 radical (unpaired) electrons. The predicted octanol–water partition coefficient (Wildman–Crippen LogP) is 3.91. The fourth-order valence-corrected chi connectivity index (χ4v) is 3.99. The third-order valence-electron chi connectivity index (χ3n) is 5.39. The maximum absolute atomic E-state index is 13.3. The zero-order valence-corrected chi connectivity index (χ0v) is 16.8. The second-order valence-electron chi connectivity index (χ2n) is 7.60. The van der Waals surface area contributed by atoms with E-state index in [1.165, 1.54) is 0 Å². The lowest BCUT2D eigenvalue weighted by atomic mass is 9.94. The molecular weight excluding hydrogens is 382 g/mol. The molecule has 30 heavy (non-hydrogen) atoms. The van der Waals surface area contributed by atoms with E-state index < -0.39 is 0 Å². The summed E-state index contributed by atoms with van der Waals surface area (Å²) < 4.78 is 21.7. The first-order chi connectivity index (χ1) is 14.7. The minimum absolute atomic E-state index is 0.0812. The Hall–Kier alpha value is -3.25. The molecule has 0 N–H and O–H groups in total. The Bertz CT molecular complexity index is 976. The summed E-state index contributed by atoms with van der Waals surface area (Å²) in [6.07, 6.45) is 4.95. The predicted molar refractivity (Wildman–Crippen MR) is 113 cm³/mol. The molecule has 3 heterocycles. The summed E-state index contributed by atoms with van der Waals surface area (Å²) >= 11 is 0. The topological polar surface area (TPSA) is 57.2 Å². The summed E-state index contributed by atoms with van der Waals surface area (Å²) in [4.78, 5) is 15.6. The largest absolute Gasteiger partial charge is 0.454 e. The lowest BCUT2D eigenvalue weighted by Gasteiger charge is -2.29. The van der Waals surface area contributed by atoms with Crippen molar-refractivity contribution >= 4 is 17.9 Å². The second-order valence-corrected chi connectivity index (χ2v) is 7.60. The SMILES string of the molecule is CCCN1C/C(=C\c2ccc3c(c2)OCO3)C(=O)/C(=C/c2ccc3c(c2)OCO3)C1. The van der Waals surface area contributed by atoms with Crippen molar-refractivity contribution in [3.8, 4) is 23.0 Å². The van der Waals surface area contributed by atoms with Crippen LogP contribution in [-0.2, 0) is 4.79 Å². The van der Waals surface area contributed by atoms with Gasteiger partial charge in [0.25, 0.3) is 0 Å². The van der Waals surface area contributed by atoms with E-state index in [1.54, 1.807) is 0 Å². The lowest BCUT2D eigenvalue weighted by Crippen LogP contribution is -2.38. The summed E-state index contributed by atoms with van der Waals surface area (Å²) in [6.45, 7) is 4.84.